The van der Waals surface area contributed by atoms with Crippen LogP contribution < -0.4 is 21.5 Å². The highest BCUT2D eigenvalue weighted by atomic mass is 19.1. The largest absolute Gasteiger partial charge is 0.369 e. The highest BCUT2D eigenvalue weighted by molar-refractivity contribution is 6.06. The van der Waals surface area contributed by atoms with Gasteiger partial charge in [-0.25, -0.2) is 8.91 Å². The van der Waals surface area contributed by atoms with Gasteiger partial charge in [-0.05, 0) is 24.6 Å². The molecule has 1 atom stereocenters. The number of hydrogen-bond acceptors (Lipinski definition) is 8. The molecule has 2 aliphatic heterocycles. The number of ketones is 1. The number of anilines is 3. The predicted octanol–water partition coefficient (Wildman–Crippen LogP) is 1.95. The minimum Gasteiger partial charge on any atom is -0.369 e. The molecule has 1 saturated heterocycles. The lowest BCUT2D eigenvalue weighted by atomic mass is 9.98. The predicted molar refractivity (Wildman–Crippen MR) is 119 cm³/mol. The van der Waals surface area contributed by atoms with Crippen LogP contribution in [0.15, 0.2) is 47.4 Å². The second kappa shape index (κ2) is 7.12. The van der Waals surface area contributed by atoms with Crippen molar-refractivity contribution in [1.82, 2.24) is 24.1 Å². The third-order valence-electron chi connectivity index (χ3n) is 6.10. The summed E-state index contributed by atoms with van der Waals surface area (Å²) in [5, 5.41) is 7.72. The standard InChI is InChI=1S/C22H19FN8O2/c23-13-7-11-30-17(13)21(33)31(12-4-2-1-3-5-12)19(28-30)14-8-10-29(14)20-16-15(32)6-9-25-18(16)26-22(24)27-20/h1-5,7,11,14H,6,8-10H2,(H3,24,25,26,27)/t14-/m0/s1. The van der Waals surface area contributed by atoms with Crippen molar-refractivity contribution in [3.05, 3.63) is 70.2 Å². The Kier molecular flexibility index (Phi) is 4.19. The van der Waals surface area contributed by atoms with Crippen molar-refractivity contribution in [2.45, 2.75) is 18.9 Å². The first kappa shape index (κ1) is 19.4. The van der Waals surface area contributed by atoms with Gasteiger partial charge >= 0.3 is 0 Å². The first-order valence-electron chi connectivity index (χ1n) is 10.6. The maximum absolute atomic E-state index is 14.4. The molecule has 0 aliphatic carbocycles. The van der Waals surface area contributed by atoms with Crippen molar-refractivity contribution < 1.29 is 9.18 Å². The van der Waals surface area contributed by atoms with Gasteiger partial charge in [0.25, 0.3) is 5.56 Å². The monoisotopic (exact) mass is 446 g/mol. The fourth-order valence-corrected chi connectivity index (χ4v) is 4.48. The Labute approximate surface area is 186 Å². The van der Waals surface area contributed by atoms with E-state index in [4.69, 9.17) is 5.73 Å². The van der Waals surface area contributed by atoms with Crippen LogP contribution in [-0.2, 0) is 0 Å². The lowest BCUT2D eigenvalue weighted by Crippen LogP contribution is -2.46. The molecule has 0 radical (unpaired) electrons. The highest BCUT2D eigenvalue weighted by Gasteiger charge is 2.39. The van der Waals surface area contributed by atoms with Crippen LogP contribution in [0.3, 0.4) is 0 Å². The van der Waals surface area contributed by atoms with E-state index in [0.29, 0.717) is 54.6 Å². The van der Waals surface area contributed by atoms with Crippen LogP contribution in [0.5, 0.6) is 0 Å². The molecule has 0 unspecified atom stereocenters. The van der Waals surface area contributed by atoms with E-state index in [1.807, 2.05) is 11.0 Å². The third-order valence-corrected chi connectivity index (χ3v) is 6.10. The molecule has 0 amide bonds. The zero-order valence-electron chi connectivity index (χ0n) is 17.4. The second-order valence-electron chi connectivity index (χ2n) is 8.02. The molecule has 4 aromatic rings. The molecular formula is C22H19FN8O2. The number of nitrogens with zero attached hydrogens (tertiary/aromatic N) is 6. The Morgan fingerprint density at radius 1 is 1.12 bits per heavy atom. The number of carbonyl (C=O) groups excluding carboxylic acids is 1. The maximum Gasteiger partial charge on any atom is 0.285 e. The lowest BCUT2D eigenvalue weighted by molar-refractivity contribution is 0.0983. The summed E-state index contributed by atoms with van der Waals surface area (Å²) in [5.74, 6) is 0.592. The van der Waals surface area contributed by atoms with E-state index in [1.54, 1.807) is 24.3 Å². The number of nitrogens with two attached hydrogens (primary N) is 1. The Hall–Kier alpha value is -4.28. The molecule has 3 N–H and O–H groups in total. The Morgan fingerprint density at radius 2 is 1.94 bits per heavy atom. The Morgan fingerprint density at radius 3 is 2.70 bits per heavy atom. The molecule has 11 heteroatoms. The number of carbonyl (C=O) groups is 1. The summed E-state index contributed by atoms with van der Waals surface area (Å²) in [6.07, 6.45) is 2.41. The Balaban J connectivity index is 1.55. The number of aromatic nitrogens is 5. The van der Waals surface area contributed by atoms with Gasteiger partial charge in [-0.1, -0.05) is 18.2 Å². The molecule has 166 valence electrons. The molecule has 1 aromatic carbocycles. The normalized spacial score (nSPS) is 17.5. The number of benzene rings is 1. The first-order valence-corrected chi connectivity index (χ1v) is 10.6. The molecule has 3 aromatic heterocycles. The summed E-state index contributed by atoms with van der Waals surface area (Å²) < 4.78 is 17.1. The van der Waals surface area contributed by atoms with Crippen LogP contribution in [0.25, 0.3) is 11.2 Å². The van der Waals surface area contributed by atoms with Gasteiger partial charge < -0.3 is 16.0 Å². The average molecular weight is 446 g/mol. The van der Waals surface area contributed by atoms with E-state index in [2.05, 4.69) is 20.4 Å². The lowest BCUT2D eigenvalue weighted by Gasteiger charge is -2.43. The number of para-hydroxylation sites is 1. The number of Topliss-reactive ketones (excluding diaryl/α,β-unsaturated/α-hetero) is 1. The Bertz CT molecular complexity index is 1480. The van der Waals surface area contributed by atoms with Gasteiger partial charge in [0.05, 0.1) is 11.7 Å². The van der Waals surface area contributed by atoms with Gasteiger partial charge in [-0.3, -0.25) is 14.2 Å². The number of halogens is 1. The minimum absolute atomic E-state index is 0.0490. The molecule has 2 aliphatic rings. The number of nitrogens with one attached hydrogen (secondary N) is 1. The molecule has 0 bridgehead atoms. The van der Waals surface area contributed by atoms with E-state index < -0.39 is 11.4 Å². The molecule has 33 heavy (non-hydrogen) atoms. The van der Waals surface area contributed by atoms with Crippen LogP contribution in [0.4, 0.5) is 22.0 Å². The number of hydrogen-bond donors (Lipinski definition) is 2. The maximum atomic E-state index is 14.4. The van der Waals surface area contributed by atoms with Gasteiger partial charge in [0.15, 0.2) is 22.9 Å². The zero-order chi connectivity index (χ0) is 22.7. The smallest absolute Gasteiger partial charge is 0.285 e. The van der Waals surface area contributed by atoms with Crippen LogP contribution in [-0.4, -0.2) is 43.0 Å². The van der Waals surface area contributed by atoms with Crippen molar-refractivity contribution in [1.29, 1.82) is 0 Å². The van der Waals surface area contributed by atoms with E-state index in [-0.39, 0.29) is 23.3 Å². The highest BCUT2D eigenvalue weighted by Crippen LogP contribution is 2.40. The topological polar surface area (TPSA) is 123 Å². The van der Waals surface area contributed by atoms with Gasteiger partial charge in [0.2, 0.25) is 5.95 Å². The molecule has 0 saturated carbocycles. The fourth-order valence-electron chi connectivity index (χ4n) is 4.48. The minimum atomic E-state index is -0.636. The SMILES string of the molecule is Nc1nc2c(c(N3CC[C@H]3c3nn4ccc(F)c4c(=O)n3-c3ccccc3)n1)C(=O)CCN2. The van der Waals surface area contributed by atoms with Crippen molar-refractivity contribution in [3.63, 3.8) is 0 Å². The molecule has 5 heterocycles. The summed E-state index contributed by atoms with van der Waals surface area (Å²) in [5.41, 5.74) is 6.26. The molecule has 10 nitrogen and oxygen atoms in total. The van der Waals surface area contributed by atoms with Crippen LogP contribution in [0.1, 0.15) is 35.1 Å². The zero-order valence-corrected chi connectivity index (χ0v) is 17.4. The van der Waals surface area contributed by atoms with E-state index in [0.717, 1.165) is 0 Å². The van der Waals surface area contributed by atoms with Gasteiger partial charge in [-0.2, -0.15) is 15.1 Å². The quantitative estimate of drug-likeness (QED) is 0.490. The molecule has 0 spiro atoms. The van der Waals surface area contributed by atoms with E-state index in [1.165, 1.54) is 21.3 Å². The van der Waals surface area contributed by atoms with Crippen molar-refractivity contribution >= 4 is 28.9 Å². The number of nitrogen functional groups attached to an aromatic ring is 1. The number of rotatable bonds is 3. The summed E-state index contributed by atoms with van der Waals surface area (Å²) in [6, 6.07) is 9.81. The van der Waals surface area contributed by atoms with Gasteiger partial charge in [-0.15, -0.1) is 0 Å². The van der Waals surface area contributed by atoms with Crippen molar-refractivity contribution in [3.8, 4) is 5.69 Å². The van der Waals surface area contributed by atoms with Gasteiger partial charge in [0, 0.05) is 25.7 Å². The second-order valence-corrected chi connectivity index (χ2v) is 8.02. The van der Waals surface area contributed by atoms with E-state index >= 15 is 0 Å². The summed E-state index contributed by atoms with van der Waals surface area (Å²) >= 11 is 0. The van der Waals surface area contributed by atoms with Crippen LogP contribution in [0, 0.1) is 5.82 Å². The van der Waals surface area contributed by atoms with Crippen molar-refractivity contribution in [2.24, 2.45) is 0 Å². The summed E-state index contributed by atoms with van der Waals surface area (Å²) in [7, 11) is 0. The summed E-state index contributed by atoms with van der Waals surface area (Å²) in [4.78, 5) is 36.6. The summed E-state index contributed by atoms with van der Waals surface area (Å²) in [6.45, 7) is 1.07. The van der Waals surface area contributed by atoms with E-state index in [9.17, 15) is 14.0 Å². The average Bonchev–Trinajstić information content (AvgIpc) is 3.14. The fraction of sp³-hybridized carbons (Fsp3) is 0.227. The molecular weight excluding hydrogens is 427 g/mol. The van der Waals surface area contributed by atoms with Crippen molar-refractivity contribution in [2.75, 3.05) is 29.0 Å². The van der Waals surface area contributed by atoms with Crippen LogP contribution in [0.2, 0.25) is 0 Å². The molecule has 1 fully saturated rings. The first-order chi connectivity index (χ1) is 16.0. The van der Waals surface area contributed by atoms with Crippen LogP contribution >= 0.6 is 0 Å². The number of fused-ring (bicyclic) bond motifs is 2. The third kappa shape index (κ3) is 2.89. The van der Waals surface area contributed by atoms with Gasteiger partial charge in [0.1, 0.15) is 17.2 Å². The molecule has 6 rings (SSSR count).